The van der Waals surface area contributed by atoms with Gasteiger partial charge in [-0.2, -0.15) is 4.31 Å². The zero-order valence-corrected chi connectivity index (χ0v) is 17.3. The number of carbonyl (C=O) groups is 1. The summed E-state index contributed by atoms with van der Waals surface area (Å²) in [6.07, 6.45) is 1.66. The van der Waals surface area contributed by atoms with Gasteiger partial charge in [0.1, 0.15) is 0 Å². The number of sulfonamides is 1. The largest absolute Gasteiger partial charge is 0.340 e. The second-order valence-corrected chi connectivity index (χ2v) is 12.2. The van der Waals surface area contributed by atoms with Crippen molar-refractivity contribution in [2.45, 2.75) is 48.5 Å². The lowest BCUT2D eigenvalue weighted by atomic mass is 10.1. The Morgan fingerprint density at radius 3 is 2.04 bits per heavy atom. The van der Waals surface area contributed by atoms with Crippen LogP contribution in [0, 0.1) is 0 Å². The Morgan fingerprint density at radius 2 is 1.56 bits per heavy atom. The van der Waals surface area contributed by atoms with Crippen LogP contribution in [0.1, 0.15) is 32.3 Å². The summed E-state index contributed by atoms with van der Waals surface area (Å²) >= 11 is 0. The molecule has 0 radical (unpaired) electrons. The normalized spacial score (nSPS) is 19.4. The van der Waals surface area contributed by atoms with E-state index in [0.717, 1.165) is 18.4 Å². The SMILES string of the molecule is CC(C)S(=O)(=O)c1ccc(CC(=O)N2CCN(S(=O)(=O)C3CC3)CC2)cc1. The predicted octanol–water partition coefficient (Wildman–Crippen LogP) is 1.05. The number of hydrogen-bond acceptors (Lipinski definition) is 5. The fourth-order valence-corrected chi connectivity index (χ4v) is 6.01. The van der Waals surface area contributed by atoms with Crippen LogP contribution < -0.4 is 0 Å². The molecule has 1 aromatic carbocycles. The number of nitrogens with zero attached hydrogens (tertiary/aromatic N) is 2. The summed E-state index contributed by atoms with van der Waals surface area (Å²) < 4.78 is 50.3. The van der Waals surface area contributed by atoms with Gasteiger partial charge in [0.2, 0.25) is 15.9 Å². The van der Waals surface area contributed by atoms with E-state index in [1.54, 1.807) is 30.9 Å². The van der Waals surface area contributed by atoms with Crippen LogP contribution in [0.3, 0.4) is 0 Å². The van der Waals surface area contributed by atoms with Crippen molar-refractivity contribution in [3.8, 4) is 0 Å². The molecule has 0 bridgehead atoms. The smallest absolute Gasteiger partial charge is 0.227 e. The van der Waals surface area contributed by atoms with Crippen LogP contribution in [0.25, 0.3) is 0 Å². The minimum atomic E-state index is -3.32. The van der Waals surface area contributed by atoms with Crippen LogP contribution >= 0.6 is 0 Å². The molecule has 2 fully saturated rings. The number of carbonyl (C=O) groups excluding carboxylic acids is 1. The molecule has 1 saturated heterocycles. The van der Waals surface area contributed by atoms with Gasteiger partial charge in [-0.1, -0.05) is 12.1 Å². The third-order valence-electron chi connectivity index (χ3n) is 5.12. The maximum atomic E-state index is 12.5. The van der Waals surface area contributed by atoms with Crippen LogP contribution in [0.5, 0.6) is 0 Å². The van der Waals surface area contributed by atoms with Crippen LogP contribution in [-0.4, -0.2) is 68.6 Å². The maximum absolute atomic E-state index is 12.5. The highest BCUT2D eigenvalue weighted by Gasteiger charge is 2.41. The Bertz CT molecular complexity index is 896. The molecular weight excluding hydrogens is 388 g/mol. The van der Waals surface area contributed by atoms with Crippen LogP contribution in [0.2, 0.25) is 0 Å². The van der Waals surface area contributed by atoms with Gasteiger partial charge >= 0.3 is 0 Å². The summed E-state index contributed by atoms with van der Waals surface area (Å²) in [7, 11) is -6.51. The summed E-state index contributed by atoms with van der Waals surface area (Å²) in [5, 5.41) is -0.714. The molecule has 1 heterocycles. The van der Waals surface area contributed by atoms with Gasteiger partial charge in [-0.15, -0.1) is 0 Å². The molecule has 1 aromatic rings. The zero-order chi connectivity index (χ0) is 19.8. The van der Waals surface area contributed by atoms with E-state index in [0.29, 0.717) is 26.2 Å². The predicted molar refractivity (Wildman–Crippen MR) is 103 cm³/mol. The maximum Gasteiger partial charge on any atom is 0.227 e. The molecule has 1 amide bonds. The molecule has 9 heteroatoms. The molecule has 2 aliphatic rings. The molecule has 0 unspecified atom stereocenters. The summed E-state index contributed by atoms with van der Waals surface area (Å²) in [4.78, 5) is 14.4. The van der Waals surface area contributed by atoms with E-state index in [-0.39, 0.29) is 22.5 Å². The fraction of sp³-hybridized carbons (Fsp3) is 0.611. The molecule has 150 valence electrons. The van der Waals surface area contributed by atoms with Crippen molar-refractivity contribution in [2.24, 2.45) is 0 Å². The van der Waals surface area contributed by atoms with E-state index >= 15 is 0 Å². The molecule has 0 N–H and O–H groups in total. The number of benzene rings is 1. The highest BCUT2D eigenvalue weighted by Crippen LogP contribution is 2.31. The van der Waals surface area contributed by atoms with Crippen LogP contribution in [-0.2, 0) is 31.1 Å². The van der Waals surface area contributed by atoms with E-state index in [2.05, 4.69) is 0 Å². The Labute approximate surface area is 161 Å². The first kappa shape index (κ1) is 20.3. The van der Waals surface area contributed by atoms with Crippen molar-refractivity contribution >= 4 is 25.8 Å². The lowest BCUT2D eigenvalue weighted by Gasteiger charge is -2.34. The van der Waals surface area contributed by atoms with Gasteiger partial charge in [-0.05, 0) is 44.4 Å². The van der Waals surface area contributed by atoms with Crippen molar-refractivity contribution < 1.29 is 21.6 Å². The van der Waals surface area contributed by atoms with Crippen molar-refractivity contribution in [3.05, 3.63) is 29.8 Å². The summed E-state index contributed by atoms with van der Waals surface area (Å²) in [5.74, 6) is -0.0714. The first-order valence-corrected chi connectivity index (χ1v) is 12.3. The molecule has 0 spiro atoms. The van der Waals surface area contributed by atoms with Gasteiger partial charge in [0.05, 0.1) is 21.8 Å². The molecule has 7 nitrogen and oxygen atoms in total. The molecule has 1 aliphatic carbocycles. The molecule has 3 rings (SSSR count). The number of amides is 1. The Kier molecular flexibility index (Phi) is 5.65. The fourth-order valence-electron chi connectivity index (χ4n) is 3.12. The second-order valence-electron chi connectivity index (χ2n) is 7.44. The monoisotopic (exact) mass is 414 g/mol. The highest BCUT2D eigenvalue weighted by molar-refractivity contribution is 7.92. The van der Waals surface area contributed by atoms with E-state index in [9.17, 15) is 21.6 Å². The second kappa shape index (κ2) is 7.52. The topological polar surface area (TPSA) is 91.8 Å². The van der Waals surface area contributed by atoms with E-state index < -0.39 is 25.1 Å². The van der Waals surface area contributed by atoms with Gasteiger partial charge in [-0.25, -0.2) is 16.8 Å². The van der Waals surface area contributed by atoms with Gasteiger partial charge < -0.3 is 4.90 Å². The number of rotatable bonds is 6. The molecule has 0 atom stereocenters. The Balaban J connectivity index is 1.57. The van der Waals surface area contributed by atoms with E-state index in [4.69, 9.17) is 0 Å². The highest BCUT2D eigenvalue weighted by atomic mass is 32.2. The minimum absolute atomic E-state index is 0.0714. The lowest BCUT2D eigenvalue weighted by Crippen LogP contribution is -2.51. The average Bonchev–Trinajstić information content (AvgIpc) is 3.48. The minimum Gasteiger partial charge on any atom is -0.340 e. The van der Waals surface area contributed by atoms with Crippen LogP contribution in [0.15, 0.2) is 29.2 Å². The lowest BCUT2D eigenvalue weighted by molar-refractivity contribution is -0.131. The third kappa shape index (κ3) is 4.35. The summed E-state index contributed by atoms with van der Waals surface area (Å²) in [6.45, 7) is 4.74. The summed E-state index contributed by atoms with van der Waals surface area (Å²) in [5.41, 5.74) is 0.746. The number of piperazine rings is 1. The Morgan fingerprint density at radius 1 is 1.00 bits per heavy atom. The van der Waals surface area contributed by atoms with Crippen molar-refractivity contribution in [3.63, 3.8) is 0 Å². The van der Waals surface area contributed by atoms with E-state index in [1.807, 2.05) is 0 Å². The molecule has 27 heavy (non-hydrogen) atoms. The van der Waals surface area contributed by atoms with Crippen LogP contribution in [0.4, 0.5) is 0 Å². The van der Waals surface area contributed by atoms with Gasteiger partial charge in [0.25, 0.3) is 0 Å². The summed E-state index contributed by atoms with van der Waals surface area (Å²) in [6, 6.07) is 6.41. The Hall–Kier alpha value is -1.45. The van der Waals surface area contributed by atoms with Crippen molar-refractivity contribution in [2.75, 3.05) is 26.2 Å². The quantitative estimate of drug-likeness (QED) is 0.694. The van der Waals surface area contributed by atoms with E-state index in [1.165, 1.54) is 16.4 Å². The van der Waals surface area contributed by atoms with Gasteiger partial charge in [0, 0.05) is 26.2 Å². The first-order chi connectivity index (χ1) is 12.6. The van der Waals surface area contributed by atoms with Gasteiger partial charge in [-0.3, -0.25) is 4.79 Å². The number of sulfone groups is 1. The third-order valence-corrected chi connectivity index (χ3v) is 9.69. The van der Waals surface area contributed by atoms with Gasteiger partial charge in [0.15, 0.2) is 9.84 Å². The molecule has 1 saturated carbocycles. The molecular formula is C18H26N2O5S2. The average molecular weight is 415 g/mol. The number of hydrogen-bond donors (Lipinski definition) is 0. The zero-order valence-electron chi connectivity index (χ0n) is 15.7. The van der Waals surface area contributed by atoms with Crippen molar-refractivity contribution in [1.29, 1.82) is 0 Å². The van der Waals surface area contributed by atoms with Crippen molar-refractivity contribution in [1.82, 2.24) is 9.21 Å². The standard InChI is InChI=1S/C18H26N2O5S2/c1-14(2)26(22,23)16-5-3-15(4-6-16)13-18(21)19-9-11-20(12-10-19)27(24,25)17-7-8-17/h3-6,14,17H,7-13H2,1-2H3. The molecule has 1 aliphatic heterocycles. The molecule has 0 aromatic heterocycles. The first-order valence-electron chi connectivity index (χ1n) is 9.22.